The Bertz CT molecular complexity index is 773. The number of thiophene rings is 1. The van der Waals surface area contributed by atoms with E-state index in [4.69, 9.17) is 23.2 Å². The van der Waals surface area contributed by atoms with Crippen molar-refractivity contribution < 1.29 is 8.42 Å². The van der Waals surface area contributed by atoms with Crippen LogP contribution >= 0.6 is 34.5 Å². The zero-order chi connectivity index (χ0) is 14.6. The minimum Gasteiger partial charge on any atom is -0.206 e. The largest absolute Gasteiger partial charge is 0.250 e. The van der Waals surface area contributed by atoms with Crippen molar-refractivity contribution in [3.8, 4) is 11.8 Å². The van der Waals surface area contributed by atoms with E-state index in [1.54, 1.807) is 30.3 Å². The fourth-order valence-corrected chi connectivity index (χ4v) is 4.00. The molecule has 0 bridgehead atoms. The Hall–Kier alpha value is -1.03. The van der Waals surface area contributed by atoms with Gasteiger partial charge in [0.15, 0.2) is 0 Å². The summed E-state index contributed by atoms with van der Waals surface area (Å²) in [5, 5.41) is 0.589. The Balaban J connectivity index is 2.00. The molecule has 0 saturated carbocycles. The highest BCUT2D eigenvalue weighted by Crippen LogP contribution is 2.25. The van der Waals surface area contributed by atoms with Crippen molar-refractivity contribution in [3.63, 3.8) is 0 Å². The standard InChI is InChI=1S/C13H9Cl2NO2S2/c14-11-5-1-3-10(9-11)4-2-8-16-20(17,18)13-7-6-12(15)19-13/h1,3,5-7,9,16H,8H2. The summed E-state index contributed by atoms with van der Waals surface area (Å²) in [6, 6.07) is 10.0. The van der Waals surface area contributed by atoms with Gasteiger partial charge in [0, 0.05) is 10.6 Å². The van der Waals surface area contributed by atoms with Crippen molar-refractivity contribution in [2.75, 3.05) is 6.54 Å². The number of rotatable bonds is 3. The molecular weight excluding hydrogens is 337 g/mol. The number of nitrogens with one attached hydrogen (secondary N) is 1. The number of halogens is 2. The Morgan fingerprint density at radius 1 is 1.20 bits per heavy atom. The smallest absolute Gasteiger partial charge is 0.206 e. The van der Waals surface area contributed by atoms with Crippen molar-refractivity contribution in [1.29, 1.82) is 0 Å². The predicted octanol–water partition coefficient (Wildman–Crippen LogP) is 3.38. The maximum Gasteiger partial charge on any atom is 0.250 e. The number of hydrogen-bond donors (Lipinski definition) is 1. The lowest BCUT2D eigenvalue weighted by Crippen LogP contribution is -2.23. The van der Waals surface area contributed by atoms with Crippen LogP contribution in [-0.2, 0) is 10.0 Å². The summed E-state index contributed by atoms with van der Waals surface area (Å²) in [7, 11) is -3.55. The van der Waals surface area contributed by atoms with Gasteiger partial charge in [-0.2, -0.15) is 4.72 Å². The summed E-state index contributed by atoms with van der Waals surface area (Å²) < 4.78 is 26.7. The molecule has 1 heterocycles. The zero-order valence-corrected chi connectivity index (χ0v) is 13.2. The van der Waals surface area contributed by atoms with E-state index < -0.39 is 10.0 Å². The SMILES string of the molecule is O=S(=O)(NCC#Cc1cccc(Cl)c1)c1ccc(Cl)s1. The van der Waals surface area contributed by atoms with Gasteiger partial charge in [0.05, 0.1) is 10.9 Å². The maximum atomic E-state index is 11.9. The fourth-order valence-electron chi connectivity index (χ4n) is 1.36. The average molecular weight is 346 g/mol. The molecule has 0 aliphatic heterocycles. The summed E-state index contributed by atoms with van der Waals surface area (Å²) in [5.74, 6) is 5.56. The first-order chi connectivity index (χ1) is 9.47. The third-order valence-electron chi connectivity index (χ3n) is 2.22. The van der Waals surface area contributed by atoms with Gasteiger partial charge in [-0.25, -0.2) is 8.42 Å². The highest BCUT2D eigenvalue weighted by Gasteiger charge is 2.14. The minimum atomic E-state index is -3.55. The Morgan fingerprint density at radius 2 is 2.00 bits per heavy atom. The summed E-state index contributed by atoms with van der Waals surface area (Å²) in [5.41, 5.74) is 0.732. The minimum absolute atomic E-state index is 0.0182. The molecule has 3 nitrogen and oxygen atoms in total. The topological polar surface area (TPSA) is 46.2 Å². The van der Waals surface area contributed by atoms with Crippen molar-refractivity contribution in [1.82, 2.24) is 4.72 Å². The van der Waals surface area contributed by atoms with Crippen molar-refractivity contribution in [2.45, 2.75) is 4.21 Å². The van der Waals surface area contributed by atoms with Crippen LogP contribution in [0.4, 0.5) is 0 Å². The summed E-state index contributed by atoms with van der Waals surface area (Å²) in [6.07, 6.45) is 0. The molecule has 1 aromatic heterocycles. The second-order valence-electron chi connectivity index (χ2n) is 3.70. The second kappa shape index (κ2) is 6.61. The van der Waals surface area contributed by atoms with Crippen LogP contribution in [0.5, 0.6) is 0 Å². The van der Waals surface area contributed by atoms with Gasteiger partial charge < -0.3 is 0 Å². The molecule has 0 fully saturated rings. The normalized spacial score (nSPS) is 10.9. The van der Waals surface area contributed by atoms with Gasteiger partial charge in [0.1, 0.15) is 4.21 Å². The molecule has 1 aromatic carbocycles. The van der Waals surface area contributed by atoms with Crippen molar-refractivity contribution >= 4 is 44.6 Å². The second-order valence-corrected chi connectivity index (χ2v) is 7.84. The molecule has 0 aliphatic rings. The van der Waals surface area contributed by atoms with Crippen LogP contribution in [0.1, 0.15) is 5.56 Å². The van der Waals surface area contributed by atoms with Crippen LogP contribution in [0, 0.1) is 11.8 Å². The summed E-state index contributed by atoms with van der Waals surface area (Å²) in [6.45, 7) is 0.0182. The van der Waals surface area contributed by atoms with Gasteiger partial charge in [-0.1, -0.05) is 41.1 Å². The van der Waals surface area contributed by atoms with Gasteiger partial charge >= 0.3 is 0 Å². The number of hydrogen-bond acceptors (Lipinski definition) is 3. The third-order valence-corrected chi connectivity index (χ3v) is 5.58. The highest BCUT2D eigenvalue weighted by molar-refractivity contribution is 7.91. The van der Waals surface area contributed by atoms with Crippen LogP contribution in [0.3, 0.4) is 0 Å². The first kappa shape index (κ1) is 15.4. The molecule has 20 heavy (non-hydrogen) atoms. The molecule has 104 valence electrons. The fraction of sp³-hybridized carbons (Fsp3) is 0.0769. The Labute approximate surface area is 131 Å². The molecule has 0 spiro atoms. The lowest BCUT2D eigenvalue weighted by Gasteiger charge is -1.99. The first-order valence-corrected chi connectivity index (χ1v) is 8.52. The van der Waals surface area contributed by atoms with Crippen LogP contribution in [0.15, 0.2) is 40.6 Å². The van der Waals surface area contributed by atoms with Crippen molar-refractivity contribution in [2.24, 2.45) is 0 Å². The van der Waals surface area contributed by atoms with E-state index in [9.17, 15) is 8.42 Å². The maximum absolute atomic E-state index is 11.9. The van der Waals surface area contributed by atoms with Gasteiger partial charge in [0.25, 0.3) is 10.0 Å². The van der Waals surface area contributed by atoms with Gasteiger partial charge in [-0.15, -0.1) is 11.3 Å². The van der Waals surface area contributed by atoms with E-state index >= 15 is 0 Å². The zero-order valence-electron chi connectivity index (χ0n) is 10.1. The Kier molecular flexibility index (Phi) is 5.08. The number of benzene rings is 1. The van der Waals surface area contributed by atoms with E-state index in [-0.39, 0.29) is 10.8 Å². The predicted molar refractivity (Wildman–Crippen MR) is 82.8 cm³/mol. The van der Waals surface area contributed by atoms with Crippen LogP contribution in [0.2, 0.25) is 9.36 Å². The molecule has 1 N–H and O–H groups in total. The van der Waals surface area contributed by atoms with Gasteiger partial charge in [0.2, 0.25) is 0 Å². The van der Waals surface area contributed by atoms with E-state index in [0.29, 0.717) is 9.36 Å². The molecule has 7 heteroatoms. The van der Waals surface area contributed by atoms with Crippen LogP contribution < -0.4 is 4.72 Å². The van der Waals surface area contributed by atoms with Gasteiger partial charge in [-0.3, -0.25) is 0 Å². The lowest BCUT2D eigenvalue weighted by molar-refractivity contribution is 0.588. The molecule has 0 aliphatic carbocycles. The summed E-state index contributed by atoms with van der Waals surface area (Å²) >= 11 is 12.5. The third kappa shape index (κ3) is 4.23. The van der Waals surface area contributed by atoms with E-state index in [0.717, 1.165) is 16.9 Å². The molecule has 2 rings (SSSR count). The molecule has 0 saturated heterocycles. The quantitative estimate of drug-likeness (QED) is 0.866. The van der Waals surface area contributed by atoms with Crippen LogP contribution in [0.25, 0.3) is 0 Å². The Morgan fingerprint density at radius 3 is 2.65 bits per heavy atom. The molecular formula is C13H9Cl2NO2S2. The molecule has 0 atom stereocenters. The monoisotopic (exact) mass is 345 g/mol. The van der Waals surface area contributed by atoms with Crippen molar-refractivity contribution in [3.05, 3.63) is 51.3 Å². The van der Waals surface area contributed by atoms with E-state index in [1.807, 2.05) is 0 Å². The molecule has 0 amide bonds. The molecule has 0 radical (unpaired) electrons. The molecule has 2 aromatic rings. The first-order valence-electron chi connectivity index (χ1n) is 5.47. The van der Waals surface area contributed by atoms with E-state index in [2.05, 4.69) is 16.6 Å². The average Bonchev–Trinajstić information content (AvgIpc) is 2.82. The van der Waals surface area contributed by atoms with Gasteiger partial charge in [-0.05, 0) is 30.3 Å². The van der Waals surface area contributed by atoms with Crippen LogP contribution in [-0.4, -0.2) is 15.0 Å². The highest BCUT2D eigenvalue weighted by atomic mass is 35.5. The lowest BCUT2D eigenvalue weighted by atomic mass is 10.2. The summed E-state index contributed by atoms with van der Waals surface area (Å²) in [4.78, 5) is 0. The molecule has 0 unspecified atom stereocenters. The van der Waals surface area contributed by atoms with E-state index in [1.165, 1.54) is 6.07 Å². The number of sulfonamides is 1.